The summed E-state index contributed by atoms with van der Waals surface area (Å²) in [5, 5.41) is 15.6. The zero-order valence-electron chi connectivity index (χ0n) is 15.3. The van der Waals surface area contributed by atoms with Gasteiger partial charge in [-0.1, -0.05) is 23.2 Å². The second-order valence-electron chi connectivity index (χ2n) is 7.01. The number of phenolic OH excluding ortho intramolecular Hbond substituents is 1. The first kappa shape index (κ1) is 20.1. The third-order valence-corrected chi connectivity index (χ3v) is 5.15. The van der Waals surface area contributed by atoms with E-state index in [1.807, 2.05) is 6.92 Å². The lowest BCUT2D eigenvalue weighted by Gasteiger charge is -2.29. The van der Waals surface area contributed by atoms with E-state index in [4.69, 9.17) is 11.6 Å². The molecule has 0 radical (unpaired) electrons. The van der Waals surface area contributed by atoms with Crippen molar-refractivity contribution < 1.29 is 19.1 Å². The van der Waals surface area contributed by atoms with Crippen molar-refractivity contribution in [2.45, 2.75) is 44.7 Å². The highest BCUT2D eigenvalue weighted by atomic mass is 35.5. The molecule has 2 amide bonds. The number of halogens is 2. The number of pyridine rings is 1. The first-order chi connectivity index (χ1) is 13.3. The Morgan fingerprint density at radius 3 is 2.25 bits per heavy atom. The van der Waals surface area contributed by atoms with Gasteiger partial charge in [0.25, 0.3) is 11.8 Å². The lowest BCUT2D eigenvalue weighted by atomic mass is 9.90. The summed E-state index contributed by atoms with van der Waals surface area (Å²) in [6, 6.07) is 5.81. The minimum Gasteiger partial charge on any atom is -0.507 e. The van der Waals surface area contributed by atoms with Gasteiger partial charge < -0.3 is 15.7 Å². The fraction of sp³-hybridized carbons (Fsp3) is 0.350. The Balaban J connectivity index is 1.53. The molecule has 2 aromatic rings. The van der Waals surface area contributed by atoms with Gasteiger partial charge in [0.2, 0.25) is 0 Å². The number of amides is 2. The van der Waals surface area contributed by atoms with Gasteiger partial charge in [-0.25, -0.2) is 9.37 Å². The van der Waals surface area contributed by atoms with Gasteiger partial charge in [-0.2, -0.15) is 0 Å². The smallest absolute Gasteiger partial charge is 0.255 e. The highest BCUT2D eigenvalue weighted by Gasteiger charge is 2.25. The Kier molecular flexibility index (Phi) is 6.14. The molecule has 1 heterocycles. The van der Waals surface area contributed by atoms with Crippen LogP contribution in [-0.2, 0) is 0 Å². The van der Waals surface area contributed by atoms with E-state index in [2.05, 4.69) is 15.6 Å². The van der Waals surface area contributed by atoms with E-state index in [-0.39, 0.29) is 40.0 Å². The van der Waals surface area contributed by atoms with Crippen molar-refractivity contribution in [3.8, 4) is 5.75 Å². The number of hydrogen-bond donors (Lipinski definition) is 3. The fourth-order valence-electron chi connectivity index (χ4n) is 3.32. The lowest BCUT2D eigenvalue weighted by Crippen LogP contribution is -2.44. The number of aromatic hydroxyl groups is 1. The van der Waals surface area contributed by atoms with Crippen LogP contribution >= 0.6 is 11.6 Å². The minimum atomic E-state index is -0.625. The van der Waals surface area contributed by atoms with Crippen LogP contribution in [0.3, 0.4) is 0 Å². The van der Waals surface area contributed by atoms with Crippen molar-refractivity contribution in [3.63, 3.8) is 0 Å². The highest BCUT2D eigenvalue weighted by molar-refractivity contribution is 6.32. The van der Waals surface area contributed by atoms with Gasteiger partial charge in [-0.05, 0) is 50.8 Å². The predicted octanol–water partition coefficient (Wildman–Crippen LogP) is 3.36. The SMILES string of the molecule is Cc1ccc(O)c(C(=O)NC2CCC(NC(=O)c3cc(F)cnc3Cl)CC2)c1. The molecule has 0 atom stereocenters. The fourth-order valence-corrected chi connectivity index (χ4v) is 3.51. The summed E-state index contributed by atoms with van der Waals surface area (Å²) < 4.78 is 13.3. The Bertz CT molecular complexity index is 825. The molecule has 1 fully saturated rings. The number of aryl methyl sites for hydroxylation is 1. The molecule has 0 bridgehead atoms. The maximum absolute atomic E-state index is 13.3. The average Bonchev–Trinajstić information content (AvgIpc) is 2.67. The van der Waals surface area contributed by atoms with Crippen molar-refractivity contribution in [1.29, 1.82) is 0 Å². The van der Waals surface area contributed by atoms with E-state index < -0.39 is 11.7 Å². The molecule has 1 aromatic heterocycles. The molecule has 3 rings (SSSR count). The standard InChI is InChI=1S/C20H21ClFN3O3/c1-11-2-7-17(26)15(8-11)19(27)24-13-3-5-14(6-4-13)25-20(28)16-9-12(22)10-23-18(16)21/h2,7-10,13-14,26H,3-6H2,1H3,(H,24,27)(H,25,28). The summed E-state index contributed by atoms with van der Waals surface area (Å²) in [5.41, 5.74) is 1.15. The number of nitrogens with zero attached hydrogens (tertiary/aromatic N) is 1. The number of benzene rings is 1. The molecule has 28 heavy (non-hydrogen) atoms. The van der Waals surface area contributed by atoms with Crippen LogP contribution in [0.5, 0.6) is 5.75 Å². The summed E-state index contributed by atoms with van der Waals surface area (Å²) >= 11 is 5.86. The second-order valence-corrected chi connectivity index (χ2v) is 7.37. The van der Waals surface area contributed by atoms with E-state index in [0.29, 0.717) is 25.7 Å². The van der Waals surface area contributed by atoms with Crippen molar-refractivity contribution in [3.05, 3.63) is 58.1 Å². The summed E-state index contributed by atoms with van der Waals surface area (Å²) in [7, 11) is 0. The first-order valence-electron chi connectivity index (χ1n) is 9.06. The molecular formula is C20H21ClFN3O3. The zero-order chi connectivity index (χ0) is 20.3. The number of carbonyl (C=O) groups is 2. The molecule has 1 aliphatic carbocycles. The van der Waals surface area contributed by atoms with Crippen molar-refractivity contribution >= 4 is 23.4 Å². The number of nitrogens with one attached hydrogen (secondary N) is 2. The van der Waals surface area contributed by atoms with Gasteiger partial charge in [0.15, 0.2) is 0 Å². The Labute approximate surface area is 167 Å². The van der Waals surface area contributed by atoms with Gasteiger partial charge in [-0.3, -0.25) is 9.59 Å². The van der Waals surface area contributed by atoms with Crippen molar-refractivity contribution in [2.75, 3.05) is 0 Å². The third kappa shape index (κ3) is 4.78. The molecule has 8 heteroatoms. The number of carbonyl (C=O) groups excluding carboxylic acids is 2. The molecule has 6 nitrogen and oxygen atoms in total. The predicted molar refractivity (Wildman–Crippen MR) is 103 cm³/mol. The summed E-state index contributed by atoms with van der Waals surface area (Å²) in [6.07, 6.45) is 3.64. The zero-order valence-corrected chi connectivity index (χ0v) is 16.1. The number of hydrogen-bond acceptors (Lipinski definition) is 4. The molecule has 1 aromatic carbocycles. The largest absolute Gasteiger partial charge is 0.507 e. The van der Waals surface area contributed by atoms with E-state index >= 15 is 0 Å². The first-order valence-corrected chi connectivity index (χ1v) is 9.43. The van der Waals surface area contributed by atoms with Crippen LogP contribution in [-0.4, -0.2) is 34.0 Å². The minimum absolute atomic E-state index is 0.00650. The summed E-state index contributed by atoms with van der Waals surface area (Å²) in [4.78, 5) is 28.3. The van der Waals surface area contributed by atoms with E-state index in [0.717, 1.165) is 17.8 Å². The maximum Gasteiger partial charge on any atom is 0.255 e. The lowest BCUT2D eigenvalue weighted by molar-refractivity contribution is 0.0890. The van der Waals surface area contributed by atoms with E-state index in [9.17, 15) is 19.1 Å². The molecule has 0 aliphatic heterocycles. The topological polar surface area (TPSA) is 91.3 Å². The summed E-state index contributed by atoms with van der Waals surface area (Å²) in [6.45, 7) is 1.85. The Morgan fingerprint density at radius 1 is 1.07 bits per heavy atom. The normalized spacial score (nSPS) is 19.1. The van der Waals surface area contributed by atoms with Gasteiger partial charge in [0.05, 0.1) is 17.3 Å². The highest BCUT2D eigenvalue weighted by Crippen LogP contribution is 2.23. The van der Waals surface area contributed by atoms with Crippen molar-refractivity contribution in [2.24, 2.45) is 0 Å². The van der Waals surface area contributed by atoms with Crippen LogP contribution in [0, 0.1) is 12.7 Å². The molecule has 3 N–H and O–H groups in total. The molecule has 148 valence electrons. The second kappa shape index (κ2) is 8.56. The number of phenols is 1. The quantitative estimate of drug-likeness (QED) is 0.680. The van der Waals surface area contributed by atoms with Crippen LogP contribution < -0.4 is 10.6 Å². The number of rotatable bonds is 4. The molecule has 0 spiro atoms. The Morgan fingerprint density at radius 2 is 1.64 bits per heavy atom. The molecule has 0 saturated heterocycles. The maximum atomic E-state index is 13.3. The van der Waals surface area contributed by atoms with Crippen LogP contribution in [0.25, 0.3) is 0 Å². The number of aromatic nitrogens is 1. The van der Waals surface area contributed by atoms with Crippen LogP contribution in [0.4, 0.5) is 4.39 Å². The van der Waals surface area contributed by atoms with Gasteiger partial charge >= 0.3 is 0 Å². The van der Waals surface area contributed by atoms with Gasteiger partial charge in [-0.15, -0.1) is 0 Å². The van der Waals surface area contributed by atoms with Crippen LogP contribution in [0.1, 0.15) is 52.0 Å². The molecule has 1 saturated carbocycles. The van der Waals surface area contributed by atoms with E-state index in [1.165, 1.54) is 6.07 Å². The van der Waals surface area contributed by atoms with E-state index in [1.54, 1.807) is 12.1 Å². The van der Waals surface area contributed by atoms with Gasteiger partial charge in [0.1, 0.15) is 16.7 Å². The third-order valence-electron chi connectivity index (χ3n) is 4.84. The Hall–Kier alpha value is -2.67. The van der Waals surface area contributed by atoms with Crippen molar-refractivity contribution in [1.82, 2.24) is 15.6 Å². The van der Waals surface area contributed by atoms with Crippen LogP contribution in [0.2, 0.25) is 5.15 Å². The molecule has 1 aliphatic rings. The summed E-state index contributed by atoms with van der Waals surface area (Å²) in [5.74, 6) is -1.45. The average molecular weight is 406 g/mol. The van der Waals surface area contributed by atoms with Gasteiger partial charge in [0, 0.05) is 12.1 Å². The molecular weight excluding hydrogens is 385 g/mol. The van der Waals surface area contributed by atoms with Crippen LogP contribution in [0.15, 0.2) is 30.5 Å². The monoisotopic (exact) mass is 405 g/mol. The molecule has 0 unspecified atom stereocenters.